The highest BCUT2D eigenvalue weighted by atomic mass is 31.2. The topological polar surface area (TPSA) is 279 Å². The van der Waals surface area contributed by atoms with Crippen LogP contribution in [0.5, 0.6) is 34.5 Å². The average molecular weight is 1090 g/mol. The molecule has 0 atom stereocenters. The van der Waals surface area contributed by atoms with Crippen molar-refractivity contribution in [2.45, 2.75) is 107 Å². The van der Waals surface area contributed by atoms with Crippen LogP contribution in [0.25, 0.3) is 0 Å². The van der Waals surface area contributed by atoms with Crippen LogP contribution in [-0.4, -0.2) is 64.9 Å². The van der Waals surface area contributed by atoms with E-state index in [1.807, 2.05) is 26.0 Å². The lowest BCUT2D eigenvalue weighted by atomic mass is 10.1. The summed E-state index contributed by atoms with van der Waals surface area (Å²) in [7, 11) is -9.92. The molecule has 0 saturated heterocycles. The number of benzene rings is 4. The highest BCUT2D eigenvalue weighted by Gasteiger charge is 2.33. The first-order valence-corrected chi connectivity index (χ1v) is 27.7. The molecule has 0 unspecified atom stereocenters. The van der Waals surface area contributed by atoms with Crippen molar-refractivity contribution in [3.8, 4) is 34.5 Å². The molecular formula is C56H70N4O14P2. The maximum absolute atomic E-state index is 13.6. The van der Waals surface area contributed by atoms with Crippen molar-refractivity contribution < 1.29 is 67.8 Å². The summed E-state index contributed by atoms with van der Waals surface area (Å²) in [6.07, 6.45) is 20.0. The third kappa shape index (κ3) is 17.5. The summed E-state index contributed by atoms with van der Waals surface area (Å²) in [6, 6.07) is 13.6. The number of phenolic OH excluding ortho intramolecular Hbond substituents is 4. The van der Waals surface area contributed by atoms with Gasteiger partial charge >= 0.3 is 15.6 Å². The van der Waals surface area contributed by atoms with Crippen molar-refractivity contribution >= 4 is 61.6 Å². The number of amides is 2. The van der Waals surface area contributed by atoms with Crippen LogP contribution in [0.1, 0.15) is 127 Å². The number of anilines is 6. The van der Waals surface area contributed by atoms with E-state index >= 15 is 0 Å². The predicted molar refractivity (Wildman–Crippen MR) is 299 cm³/mol. The van der Waals surface area contributed by atoms with Crippen LogP contribution >= 0.6 is 15.6 Å². The van der Waals surface area contributed by atoms with Crippen molar-refractivity contribution in [2.75, 3.05) is 33.5 Å². The van der Waals surface area contributed by atoms with Crippen molar-refractivity contribution in [3.05, 3.63) is 142 Å². The van der Waals surface area contributed by atoms with Gasteiger partial charge in [0.1, 0.15) is 40.1 Å². The Hall–Kier alpha value is -7.04. The van der Waals surface area contributed by atoms with Crippen LogP contribution in [-0.2, 0) is 9.13 Å². The minimum atomic E-state index is -5.00. The number of hydrogen-bond donors (Lipinski definition) is 10. The van der Waals surface area contributed by atoms with E-state index in [2.05, 4.69) is 81.0 Å². The zero-order valence-corrected chi connectivity index (χ0v) is 45.9. The minimum absolute atomic E-state index is 0.0284. The predicted octanol–water partition coefficient (Wildman–Crippen LogP) is 13.4. The standard InChI is InChI=1S/2C28H35N2O7P/c1-18(2)8-5-9-19(3)10-6-11-20(4)14-15-30-23-16-21(37-38(34,35)36)17-25(32)27(23)29-26-22(28(30)33)12-7-13-24(26)31;1-18(2)8-5-9-19(3)10-6-11-20(4)14-15-30-23-16-21(31)17-25(37-38(34,35)36)27(23)29-26-22(28(30)33)12-7-13-24(26)32/h2*7-8,10,12-14,16-17,29,31-32H,5-6,9,11,15H2,1-4H3,(H2,34,35,36)/b2*19-10+,20-14+. The van der Waals surface area contributed by atoms with E-state index in [0.717, 1.165) is 74.6 Å². The van der Waals surface area contributed by atoms with E-state index in [0.29, 0.717) is 0 Å². The van der Waals surface area contributed by atoms with Gasteiger partial charge in [0.15, 0.2) is 5.75 Å². The molecule has 2 amide bonds. The molecule has 4 aromatic rings. The van der Waals surface area contributed by atoms with Crippen LogP contribution in [0.15, 0.2) is 131 Å². The summed E-state index contributed by atoms with van der Waals surface area (Å²) >= 11 is 0. The van der Waals surface area contributed by atoms with Gasteiger partial charge in [-0.25, -0.2) is 9.13 Å². The molecule has 0 bridgehead atoms. The number of phosphoric acid groups is 2. The Morgan fingerprint density at radius 2 is 0.908 bits per heavy atom. The molecular weight excluding hydrogens is 1010 g/mol. The number of para-hydroxylation sites is 2. The van der Waals surface area contributed by atoms with Gasteiger partial charge in [-0.2, -0.15) is 0 Å². The van der Waals surface area contributed by atoms with Gasteiger partial charge < -0.3 is 49.9 Å². The molecule has 408 valence electrons. The van der Waals surface area contributed by atoms with Gasteiger partial charge in [-0.15, -0.1) is 0 Å². The molecule has 0 saturated carbocycles. The number of phenols is 4. The molecule has 6 rings (SSSR count). The average Bonchev–Trinajstić information content (AvgIpc) is 3.51. The fourth-order valence-electron chi connectivity index (χ4n) is 8.24. The Morgan fingerprint density at radius 1 is 0.500 bits per heavy atom. The fraction of sp³-hybridized carbons (Fsp3) is 0.321. The van der Waals surface area contributed by atoms with Crippen LogP contribution in [0.4, 0.5) is 34.1 Å². The van der Waals surface area contributed by atoms with Crippen LogP contribution in [0.2, 0.25) is 0 Å². The molecule has 76 heavy (non-hydrogen) atoms. The number of hydrogen-bond acceptors (Lipinski definition) is 12. The minimum Gasteiger partial charge on any atom is -0.508 e. The van der Waals surface area contributed by atoms with Crippen molar-refractivity contribution in [2.24, 2.45) is 0 Å². The van der Waals surface area contributed by atoms with E-state index in [9.17, 15) is 58.7 Å². The third-order valence-electron chi connectivity index (χ3n) is 12.2. The fourth-order valence-corrected chi connectivity index (χ4v) is 9.02. The Kier molecular flexibility index (Phi) is 21.0. The van der Waals surface area contributed by atoms with Crippen molar-refractivity contribution in [1.29, 1.82) is 0 Å². The maximum Gasteiger partial charge on any atom is 0.524 e. The van der Waals surface area contributed by atoms with Crippen molar-refractivity contribution in [3.63, 3.8) is 0 Å². The van der Waals surface area contributed by atoms with Crippen molar-refractivity contribution in [1.82, 2.24) is 0 Å². The van der Waals surface area contributed by atoms with Crippen LogP contribution in [0, 0.1) is 0 Å². The number of fused-ring (bicyclic) bond motifs is 4. The van der Waals surface area contributed by atoms with E-state index in [4.69, 9.17) is 4.52 Å². The number of rotatable bonds is 20. The summed E-state index contributed by atoms with van der Waals surface area (Å²) in [5.41, 5.74) is 8.30. The Balaban J connectivity index is 0.000000281. The second-order valence-corrected chi connectivity index (χ2v) is 21.6. The highest BCUT2D eigenvalue weighted by molar-refractivity contribution is 7.47. The second kappa shape index (κ2) is 26.6. The summed E-state index contributed by atoms with van der Waals surface area (Å²) in [4.78, 5) is 67.2. The number of aromatic hydroxyl groups is 4. The molecule has 2 aliphatic heterocycles. The highest BCUT2D eigenvalue weighted by Crippen LogP contribution is 2.51. The first kappa shape index (κ1) is 59.8. The third-order valence-corrected chi connectivity index (χ3v) is 13.1. The number of carbonyl (C=O) groups is 2. The van der Waals surface area contributed by atoms with E-state index in [1.54, 1.807) is 6.07 Å². The quantitative estimate of drug-likeness (QED) is 0.0170. The zero-order valence-electron chi connectivity index (χ0n) is 44.1. The summed E-state index contributed by atoms with van der Waals surface area (Å²) in [6.45, 7) is 16.8. The molecule has 2 heterocycles. The van der Waals surface area contributed by atoms with Crippen LogP contribution in [0.3, 0.4) is 0 Å². The monoisotopic (exact) mass is 1080 g/mol. The molecule has 0 radical (unpaired) electrons. The number of carbonyl (C=O) groups excluding carboxylic acids is 2. The smallest absolute Gasteiger partial charge is 0.508 e. The van der Waals surface area contributed by atoms with E-state index in [1.165, 1.54) is 74.6 Å². The second-order valence-electron chi connectivity index (χ2n) is 19.2. The van der Waals surface area contributed by atoms with E-state index < -0.39 is 33.2 Å². The van der Waals surface area contributed by atoms with E-state index in [-0.39, 0.29) is 87.1 Å². The molecule has 18 nitrogen and oxygen atoms in total. The number of allylic oxidation sites excluding steroid dienone is 10. The first-order valence-electron chi connectivity index (χ1n) is 24.7. The Bertz CT molecular complexity index is 3010. The maximum atomic E-state index is 13.6. The zero-order chi connectivity index (χ0) is 56.1. The molecule has 4 aromatic carbocycles. The largest absolute Gasteiger partial charge is 0.524 e. The lowest BCUT2D eigenvalue weighted by molar-refractivity contribution is 0.0983. The number of nitrogens with zero attached hydrogens (tertiary/aromatic N) is 2. The molecule has 0 aromatic heterocycles. The number of phosphoric ester groups is 2. The van der Waals surface area contributed by atoms with Gasteiger partial charge in [0.05, 0.1) is 33.9 Å². The summed E-state index contributed by atoms with van der Waals surface area (Å²) in [5.74, 6) is -2.77. The summed E-state index contributed by atoms with van der Waals surface area (Å²) in [5, 5.41) is 47.6. The first-order chi connectivity index (χ1) is 35.7. The molecule has 0 fully saturated rings. The van der Waals surface area contributed by atoms with Gasteiger partial charge in [0.25, 0.3) is 11.8 Å². The van der Waals surface area contributed by atoms with Gasteiger partial charge in [-0.3, -0.25) is 29.2 Å². The Labute approximate surface area is 444 Å². The van der Waals surface area contributed by atoms with Gasteiger partial charge in [0.2, 0.25) is 0 Å². The molecule has 20 heteroatoms. The lowest BCUT2D eigenvalue weighted by Gasteiger charge is -2.23. The molecule has 0 aliphatic carbocycles. The van der Waals surface area contributed by atoms with Gasteiger partial charge in [0, 0.05) is 37.4 Å². The lowest BCUT2D eigenvalue weighted by Crippen LogP contribution is -2.30. The van der Waals surface area contributed by atoms with Gasteiger partial charge in [-0.1, -0.05) is 82.0 Å². The van der Waals surface area contributed by atoms with Gasteiger partial charge in [-0.05, 0) is 131 Å². The molecule has 10 N–H and O–H groups in total. The number of nitrogens with one attached hydrogen (secondary N) is 2. The SMILES string of the molecule is CC(C)=CCC/C(C)=C/CC/C(C)=C/CN1C(=O)c2cccc(O)c2Nc2c(O)cc(OP(=O)(O)O)cc21.CC(C)=CCC/C(C)=C/CC/C(C)=C/CN1C(=O)c2cccc(O)c2Nc2c(OP(=O)(O)O)cc(O)cc21. The Morgan fingerprint density at radius 3 is 1.34 bits per heavy atom. The van der Waals surface area contributed by atoms with Crippen LogP contribution < -0.4 is 29.5 Å². The normalized spacial score (nSPS) is 13.8. The molecule has 2 aliphatic rings. The summed E-state index contributed by atoms with van der Waals surface area (Å²) < 4.78 is 32.5. The molecule has 0 spiro atoms.